The first-order valence-corrected chi connectivity index (χ1v) is 20.1. The average Bonchev–Trinajstić information content (AvgIpc) is 2.98. The zero-order valence-corrected chi connectivity index (χ0v) is 31.0. The highest BCUT2D eigenvalue weighted by molar-refractivity contribution is 4.55. The lowest BCUT2D eigenvalue weighted by molar-refractivity contribution is -0.929. The number of halogens is 1. The predicted molar refractivity (Wildman–Crippen MR) is 190 cm³/mol. The molecule has 0 radical (unpaired) electrons. The van der Waals surface area contributed by atoms with Gasteiger partial charge in [0.2, 0.25) is 0 Å². The van der Waals surface area contributed by atoms with Crippen LogP contribution in [0.25, 0.3) is 0 Å². The highest BCUT2D eigenvalue weighted by atomic mass is 35.5. The van der Waals surface area contributed by atoms with Gasteiger partial charge in [0, 0.05) is 0 Å². The summed E-state index contributed by atoms with van der Waals surface area (Å²) in [6, 6.07) is 0. The molecule has 0 aromatic rings. The highest BCUT2D eigenvalue weighted by Gasteiger charge is 2.25. The molecule has 0 N–H and O–H groups in total. The van der Waals surface area contributed by atoms with Gasteiger partial charge in [0.25, 0.3) is 0 Å². The second kappa shape index (κ2) is 37.4. The lowest BCUT2D eigenvalue weighted by atomic mass is 10.0. The first-order valence-electron chi connectivity index (χ1n) is 20.1. The van der Waals surface area contributed by atoms with Crippen LogP contribution in [0.5, 0.6) is 0 Å². The van der Waals surface area contributed by atoms with Crippen LogP contribution >= 0.6 is 0 Å². The van der Waals surface area contributed by atoms with Crippen LogP contribution in [0.2, 0.25) is 0 Å². The van der Waals surface area contributed by atoms with E-state index in [0.717, 1.165) is 0 Å². The third-order valence-electron chi connectivity index (χ3n) is 9.94. The molecule has 0 saturated carbocycles. The Morgan fingerprint density at radius 1 is 0.214 bits per heavy atom. The molecule has 0 saturated heterocycles. The Labute approximate surface area is 275 Å². The summed E-state index contributed by atoms with van der Waals surface area (Å²) in [5.41, 5.74) is 0. The van der Waals surface area contributed by atoms with E-state index < -0.39 is 0 Å². The molecule has 2 heteroatoms. The first kappa shape index (κ1) is 44.4. The number of rotatable bonds is 36. The number of quaternary nitrogens is 1. The largest absolute Gasteiger partial charge is 1.00 e. The van der Waals surface area contributed by atoms with Gasteiger partial charge in [0.1, 0.15) is 0 Å². The topological polar surface area (TPSA) is 0 Å². The van der Waals surface area contributed by atoms with Gasteiger partial charge in [-0.15, -0.1) is 0 Å². The van der Waals surface area contributed by atoms with E-state index in [9.17, 15) is 0 Å². The van der Waals surface area contributed by atoms with E-state index in [0.29, 0.717) is 0 Å². The molecule has 0 aromatic heterocycles. The van der Waals surface area contributed by atoms with Crippen molar-refractivity contribution in [3.05, 3.63) is 0 Å². The molecule has 42 heavy (non-hydrogen) atoms. The van der Waals surface area contributed by atoms with Crippen LogP contribution in [-0.2, 0) is 0 Å². The van der Waals surface area contributed by atoms with Gasteiger partial charge < -0.3 is 16.9 Å². The fraction of sp³-hybridized carbons (Fsp3) is 1.00. The minimum Gasteiger partial charge on any atom is -1.00 e. The predicted octanol–water partition coefficient (Wildman–Crippen LogP) is 11.4. The van der Waals surface area contributed by atoms with Crippen molar-refractivity contribution < 1.29 is 16.9 Å². The smallest absolute Gasteiger partial charge is 0.0786 e. The second-order valence-electron chi connectivity index (χ2n) is 14.1. The van der Waals surface area contributed by atoms with Gasteiger partial charge in [0.15, 0.2) is 0 Å². The first-order chi connectivity index (χ1) is 20.2. The molecule has 0 aliphatic rings. The van der Waals surface area contributed by atoms with E-state index in [1.807, 2.05) is 0 Å². The van der Waals surface area contributed by atoms with Crippen LogP contribution in [0.1, 0.15) is 233 Å². The van der Waals surface area contributed by atoms with Crippen molar-refractivity contribution in [2.45, 2.75) is 233 Å². The Hall–Kier alpha value is 0.250. The van der Waals surface area contributed by atoms with Crippen LogP contribution in [0.15, 0.2) is 0 Å². The third-order valence-corrected chi connectivity index (χ3v) is 9.94. The van der Waals surface area contributed by atoms with Crippen LogP contribution in [0.4, 0.5) is 0 Å². The molecule has 0 aromatic carbocycles. The molecule has 0 aliphatic carbocycles. The monoisotopic (exact) mass is 614 g/mol. The van der Waals surface area contributed by atoms with Crippen molar-refractivity contribution in [3.8, 4) is 0 Å². The Bertz CT molecular complexity index is 424. The molecule has 0 unspecified atom stereocenters. The van der Waals surface area contributed by atoms with E-state index in [1.165, 1.54) is 236 Å². The fourth-order valence-electron chi connectivity index (χ4n) is 7.00. The normalized spacial score (nSPS) is 11.7. The van der Waals surface area contributed by atoms with Crippen molar-refractivity contribution in [2.75, 3.05) is 26.2 Å². The minimum atomic E-state index is 0. The average molecular weight is 615 g/mol. The number of unbranched alkanes of at least 4 members (excludes halogenated alkanes) is 28. The van der Waals surface area contributed by atoms with Crippen LogP contribution < -0.4 is 12.4 Å². The Kier molecular flexibility index (Phi) is 39.6. The van der Waals surface area contributed by atoms with E-state index in [2.05, 4.69) is 27.7 Å². The summed E-state index contributed by atoms with van der Waals surface area (Å²) in [5.74, 6) is 0. The third kappa shape index (κ3) is 31.7. The lowest BCUT2D eigenvalue weighted by Crippen LogP contribution is -3.00. The van der Waals surface area contributed by atoms with Crippen molar-refractivity contribution in [3.63, 3.8) is 0 Å². The van der Waals surface area contributed by atoms with Crippen molar-refractivity contribution >= 4 is 0 Å². The summed E-state index contributed by atoms with van der Waals surface area (Å²) in [7, 11) is 0. The number of nitrogens with zero attached hydrogens (tertiary/aromatic N) is 1. The Balaban J connectivity index is 0. The molecular weight excluding hydrogens is 530 g/mol. The molecule has 0 bridgehead atoms. The van der Waals surface area contributed by atoms with Gasteiger partial charge >= 0.3 is 0 Å². The SMILES string of the molecule is CCCCCCCCCCCCCCCC[N+](CCCCCCCC)(CCCCCCCC)CCCCCCCC.[Cl-]. The van der Waals surface area contributed by atoms with Crippen molar-refractivity contribution in [1.82, 2.24) is 0 Å². The zero-order chi connectivity index (χ0) is 30.0. The van der Waals surface area contributed by atoms with Gasteiger partial charge in [-0.3, -0.25) is 0 Å². The maximum Gasteiger partial charge on any atom is 0.0786 e. The Morgan fingerprint density at radius 2 is 0.357 bits per heavy atom. The number of hydrogen-bond acceptors (Lipinski definition) is 0. The molecule has 256 valence electrons. The quantitative estimate of drug-likeness (QED) is 0.0487. The molecule has 0 fully saturated rings. The molecule has 1 nitrogen and oxygen atoms in total. The van der Waals surface area contributed by atoms with E-state index in [4.69, 9.17) is 0 Å². The Morgan fingerprint density at radius 3 is 0.524 bits per heavy atom. The van der Waals surface area contributed by atoms with Gasteiger partial charge in [-0.1, -0.05) is 182 Å². The van der Waals surface area contributed by atoms with E-state index in [1.54, 1.807) is 0 Å². The maximum absolute atomic E-state index is 2.35. The van der Waals surface area contributed by atoms with Crippen LogP contribution in [0.3, 0.4) is 0 Å². The summed E-state index contributed by atoms with van der Waals surface area (Å²) in [5, 5.41) is 0. The molecule has 0 aliphatic heterocycles. The summed E-state index contributed by atoms with van der Waals surface area (Å²) in [6.45, 7) is 15.3. The molecule has 0 amide bonds. The summed E-state index contributed by atoms with van der Waals surface area (Å²) < 4.78 is 1.48. The van der Waals surface area contributed by atoms with E-state index in [-0.39, 0.29) is 12.4 Å². The van der Waals surface area contributed by atoms with Crippen LogP contribution in [-0.4, -0.2) is 30.7 Å². The fourth-order valence-corrected chi connectivity index (χ4v) is 7.00. The highest BCUT2D eigenvalue weighted by Crippen LogP contribution is 2.21. The van der Waals surface area contributed by atoms with Gasteiger partial charge in [0.05, 0.1) is 26.2 Å². The molecule has 0 atom stereocenters. The maximum atomic E-state index is 2.35. The number of hydrogen-bond donors (Lipinski definition) is 0. The van der Waals surface area contributed by atoms with Gasteiger partial charge in [-0.25, -0.2) is 0 Å². The summed E-state index contributed by atoms with van der Waals surface area (Å²) >= 11 is 0. The zero-order valence-electron chi connectivity index (χ0n) is 30.3. The van der Waals surface area contributed by atoms with E-state index >= 15 is 0 Å². The van der Waals surface area contributed by atoms with Gasteiger partial charge in [-0.05, 0) is 51.4 Å². The lowest BCUT2D eigenvalue weighted by Gasteiger charge is -2.40. The molecule has 0 heterocycles. The minimum absolute atomic E-state index is 0. The molecule has 0 spiro atoms. The molecule has 0 rings (SSSR count). The molecular formula is C40H84ClN. The standard InChI is InChI=1S/C40H84N.ClH/c1-5-9-13-17-21-22-23-24-25-26-27-28-32-36-40-41(37-33-29-18-14-10-6-2,38-34-30-19-15-11-7-3)39-35-31-20-16-12-8-4;/h5-40H2,1-4H3;1H/q+1;/p-1. The van der Waals surface area contributed by atoms with Gasteiger partial charge in [-0.2, -0.15) is 0 Å². The summed E-state index contributed by atoms with van der Waals surface area (Å²) in [4.78, 5) is 0. The summed E-state index contributed by atoms with van der Waals surface area (Å²) in [6.07, 6.45) is 46.7. The second-order valence-corrected chi connectivity index (χ2v) is 14.1. The van der Waals surface area contributed by atoms with Crippen molar-refractivity contribution in [1.29, 1.82) is 0 Å². The van der Waals surface area contributed by atoms with Crippen LogP contribution in [0, 0.1) is 0 Å². The van der Waals surface area contributed by atoms with Crippen molar-refractivity contribution in [2.24, 2.45) is 0 Å².